The van der Waals surface area contributed by atoms with E-state index >= 15 is 0 Å². The van der Waals surface area contributed by atoms with Crippen molar-refractivity contribution in [2.45, 2.75) is 19.9 Å². The third-order valence-electron chi connectivity index (χ3n) is 2.35. The van der Waals surface area contributed by atoms with E-state index in [1.54, 1.807) is 6.07 Å². The van der Waals surface area contributed by atoms with Crippen molar-refractivity contribution in [2.75, 3.05) is 5.32 Å². The number of carbonyl (C=O) groups excluding carboxylic acids is 2. The number of carboxylic acid groups (broad SMARTS) is 1. The van der Waals surface area contributed by atoms with Crippen molar-refractivity contribution < 1.29 is 19.5 Å². The van der Waals surface area contributed by atoms with E-state index in [1.807, 2.05) is 0 Å². The molecule has 0 aliphatic heterocycles. The molecule has 1 rings (SSSR count). The lowest BCUT2D eigenvalue weighted by Crippen LogP contribution is -2.40. The molecule has 0 heterocycles. The fourth-order valence-corrected chi connectivity index (χ4v) is 2.80. The molecular weight excluding hydrogens is 396 g/mol. The number of anilines is 1. The molecule has 2 amide bonds. The highest BCUT2D eigenvalue weighted by atomic mass is 79.9. The second kappa shape index (κ2) is 6.85. The topological polar surface area (TPSA) is 95.5 Å². The zero-order valence-electron chi connectivity index (χ0n) is 10.7. The minimum absolute atomic E-state index is 0.0605. The van der Waals surface area contributed by atoms with Gasteiger partial charge in [-0.25, -0.2) is 4.79 Å². The van der Waals surface area contributed by atoms with Crippen LogP contribution in [0.3, 0.4) is 0 Å². The average Bonchev–Trinajstić information content (AvgIpc) is 2.30. The molecule has 0 saturated heterocycles. The molecule has 0 aliphatic carbocycles. The predicted molar refractivity (Wildman–Crippen MR) is 80.7 cm³/mol. The highest BCUT2D eigenvalue weighted by Gasteiger charge is 2.20. The van der Waals surface area contributed by atoms with Crippen LogP contribution in [0.25, 0.3) is 0 Å². The highest BCUT2D eigenvalue weighted by Crippen LogP contribution is 2.31. The predicted octanol–water partition coefficient (Wildman–Crippen LogP) is 2.37. The van der Waals surface area contributed by atoms with Gasteiger partial charge in [0.25, 0.3) is 0 Å². The van der Waals surface area contributed by atoms with E-state index in [-0.39, 0.29) is 17.2 Å². The first-order chi connectivity index (χ1) is 9.22. The Morgan fingerprint density at radius 3 is 2.35 bits per heavy atom. The van der Waals surface area contributed by atoms with E-state index in [0.717, 1.165) is 0 Å². The van der Waals surface area contributed by atoms with Gasteiger partial charge in [-0.3, -0.25) is 9.59 Å². The van der Waals surface area contributed by atoms with Gasteiger partial charge in [-0.15, -0.1) is 0 Å². The first kappa shape index (κ1) is 16.6. The molecule has 1 unspecified atom stereocenters. The molecule has 0 fully saturated rings. The minimum atomic E-state index is -1.17. The van der Waals surface area contributed by atoms with Crippen molar-refractivity contribution in [3.8, 4) is 0 Å². The van der Waals surface area contributed by atoms with Crippen molar-refractivity contribution in [1.82, 2.24) is 5.32 Å². The van der Waals surface area contributed by atoms with E-state index in [0.29, 0.717) is 8.95 Å². The lowest BCUT2D eigenvalue weighted by atomic mass is 10.1. The summed E-state index contributed by atoms with van der Waals surface area (Å²) in [5.74, 6) is -2.03. The van der Waals surface area contributed by atoms with E-state index in [9.17, 15) is 14.4 Å². The van der Waals surface area contributed by atoms with E-state index < -0.39 is 17.9 Å². The van der Waals surface area contributed by atoms with Crippen LogP contribution < -0.4 is 10.6 Å². The maximum absolute atomic E-state index is 11.9. The van der Waals surface area contributed by atoms with Gasteiger partial charge in [0, 0.05) is 15.9 Å². The molecule has 6 nitrogen and oxygen atoms in total. The molecule has 0 spiro atoms. The van der Waals surface area contributed by atoms with Crippen LogP contribution >= 0.6 is 31.9 Å². The Hall–Kier alpha value is -1.41. The molecule has 0 bridgehead atoms. The van der Waals surface area contributed by atoms with Gasteiger partial charge in [0.05, 0.1) is 11.3 Å². The van der Waals surface area contributed by atoms with Gasteiger partial charge >= 0.3 is 5.97 Å². The summed E-state index contributed by atoms with van der Waals surface area (Å²) in [4.78, 5) is 34.0. The van der Waals surface area contributed by atoms with Gasteiger partial charge in [0.1, 0.15) is 6.04 Å². The number of rotatable bonds is 4. The van der Waals surface area contributed by atoms with Crippen molar-refractivity contribution in [1.29, 1.82) is 0 Å². The summed E-state index contributed by atoms with van der Waals surface area (Å²) in [6, 6.07) is 2.22. The van der Waals surface area contributed by atoms with Crippen LogP contribution in [-0.2, 0) is 9.59 Å². The molecule has 0 radical (unpaired) electrons. The van der Waals surface area contributed by atoms with Crippen molar-refractivity contribution in [3.63, 3.8) is 0 Å². The van der Waals surface area contributed by atoms with Crippen LogP contribution in [0.1, 0.15) is 24.2 Å². The lowest BCUT2D eigenvalue weighted by molar-refractivity contribution is -0.124. The summed E-state index contributed by atoms with van der Waals surface area (Å²) >= 11 is 6.38. The lowest BCUT2D eigenvalue weighted by Gasteiger charge is -2.15. The van der Waals surface area contributed by atoms with E-state index in [2.05, 4.69) is 42.5 Å². The Morgan fingerprint density at radius 1 is 1.25 bits per heavy atom. The number of aromatic carboxylic acids is 1. The third-order valence-corrected chi connectivity index (χ3v) is 3.43. The molecule has 20 heavy (non-hydrogen) atoms. The third kappa shape index (κ3) is 4.31. The fraction of sp³-hybridized carbons (Fsp3) is 0.250. The Morgan fingerprint density at radius 2 is 1.85 bits per heavy atom. The summed E-state index contributed by atoms with van der Waals surface area (Å²) in [6.45, 7) is 2.80. The number of hydrogen-bond donors (Lipinski definition) is 3. The van der Waals surface area contributed by atoms with Gasteiger partial charge in [-0.05, 0) is 35.0 Å². The standard InChI is InChI=1S/C12H12Br2N2O4/c1-5(15-6(2)17)11(18)16-10-8(12(19)20)3-7(13)4-9(10)14/h3-5H,1-2H3,(H,15,17)(H,16,18)(H,19,20). The van der Waals surface area contributed by atoms with Crippen molar-refractivity contribution in [2.24, 2.45) is 0 Å². The molecule has 1 aromatic carbocycles. The minimum Gasteiger partial charge on any atom is -0.478 e. The van der Waals surface area contributed by atoms with Gasteiger partial charge in [-0.1, -0.05) is 15.9 Å². The van der Waals surface area contributed by atoms with Crippen molar-refractivity contribution >= 4 is 55.3 Å². The van der Waals surface area contributed by atoms with Crippen molar-refractivity contribution in [3.05, 3.63) is 26.6 Å². The first-order valence-corrected chi connectivity index (χ1v) is 7.11. The second-order valence-corrected chi connectivity index (χ2v) is 5.80. The number of hydrogen-bond acceptors (Lipinski definition) is 3. The molecule has 0 saturated carbocycles. The second-order valence-electron chi connectivity index (χ2n) is 4.03. The quantitative estimate of drug-likeness (QED) is 0.713. The summed E-state index contributed by atoms with van der Waals surface area (Å²) < 4.78 is 0.988. The van der Waals surface area contributed by atoms with Crippen LogP contribution in [0.5, 0.6) is 0 Å². The van der Waals surface area contributed by atoms with Crippen LogP contribution in [0, 0.1) is 0 Å². The molecule has 0 aromatic heterocycles. The van der Waals surface area contributed by atoms with Gasteiger partial charge in [0.2, 0.25) is 11.8 Å². The van der Waals surface area contributed by atoms with Crippen LogP contribution in [0.15, 0.2) is 21.1 Å². The number of amides is 2. The largest absolute Gasteiger partial charge is 0.478 e. The fourth-order valence-electron chi connectivity index (χ4n) is 1.47. The van der Waals surface area contributed by atoms with Crippen LogP contribution in [-0.4, -0.2) is 28.9 Å². The SMILES string of the molecule is CC(=O)NC(C)C(=O)Nc1c(Br)cc(Br)cc1C(=O)O. The Balaban J connectivity index is 3.05. The summed E-state index contributed by atoms with van der Waals surface area (Å²) in [6.07, 6.45) is 0. The zero-order valence-corrected chi connectivity index (χ0v) is 13.8. The normalized spacial score (nSPS) is 11.6. The molecule has 3 N–H and O–H groups in total. The van der Waals surface area contributed by atoms with Crippen LogP contribution in [0.2, 0.25) is 0 Å². The molecule has 1 aromatic rings. The summed E-state index contributed by atoms with van der Waals surface area (Å²) in [5.41, 5.74) is 0.0810. The van der Waals surface area contributed by atoms with Gasteiger partial charge in [-0.2, -0.15) is 0 Å². The summed E-state index contributed by atoms with van der Waals surface area (Å²) in [7, 11) is 0. The molecule has 108 valence electrons. The molecular formula is C12H12Br2N2O4. The Labute approximate surface area is 132 Å². The van der Waals surface area contributed by atoms with Gasteiger partial charge in [0.15, 0.2) is 0 Å². The smallest absolute Gasteiger partial charge is 0.337 e. The highest BCUT2D eigenvalue weighted by molar-refractivity contribution is 9.11. The Kier molecular flexibility index (Phi) is 5.70. The number of carboxylic acids is 1. The molecule has 1 atom stereocenters. The molecule has 0 aliphatic rings. The first-order valence-electron chi connectivity index (χ1n) is 5.52. The number of nitrogens with one attached hydrogen (secondary N) is 2. The number of benzene rings is 1. The maximum atomic E-state index is 11.9. The summed E-state index contributed by atoms with van der Waals surface area (Å²) in [5, 5.41) is 14.1. The van der Waals surface area contributed by atoms with Crippen LogP contribution in [0.4, 0.5) is 5.69 Å². The number of carbonyl (C=O) groups is 3. The van der Waals surface area contributed by atoms with E-state index in [1.165, 1.54) is 19.9 Å². The monoisotopic (exact) mass is 406 g/mol. The molecule has 8 heteroatoms. The van der Waals surface area contributed by atoms with E-state index in [4.69, 9.17) is 5.11 Å². The average molecular weight is 408 g/mol. The Bertz CT molecular complexity index is 575. The van der Waals surface area contributed by atoms with Gasteiger partial charge < -0.3 is 15.7 Å². The zero-order chi connectivity index (χ0) is 15.4. The maximum Gasteiger partial charge on any atom is 0.337 e. The number of halogens is 2.